The van der Waals surface area contributed by atoms with Crippen LogP contribution in [0.2, 0.25) is 0 Å². The first-order valence-electron chi connectivity index (χ1n) is 6.66. The maximum atomic E-state index is 12.0. The largest absolute Gasteiger partial charge is 0.497 e. The number of aryl methyl sites for hydroxylation is 1. The lowest BCUT2D eigenvalue weighted by atomic mass is 10.2. The monoisotopic (exact) mass is 298 g/mol. The van der Waals surface area contributed by atoms with Crippen molar-refractivity contribution in [2.24, 2.45) is 0 Å². The van der Waals surface area contributed by atoms with Gasteiger partial charge in [-0.15, -0.1) is 5.10 Å². The summed E-state index contributed by atoms with van der Waals surface area (Å²) in [6, 6.07) is 9.09. The zero-order chi connectivity index (χ0) is 15.5. The minimum absolute atomic E-state index is 0.00954. The summed E-state index contributed by atoms with van der Waals surface area (Å²) in [6.45, 7) is 1.98. The summed E-state index contributed by atoms with van der Waals surface area (Å²) in [5.41, 5.74) is 1.66. The van der Waals surface area contributed by atoms with Crippen molar-refractivity contribution in [1.82, 2.24) is 19.6 Å². The zero-order valence-corrected chi connectivity index (χ0v) is 12.2. The van der Waals surface area contributed by atoms with Gasteiger partial charge in [-0.2, -0.15) is 4.98 Å². The number of benzene rings is 1. The number of hydrogen-bond donors (Lipinski definition) is 0. The van der Waals surface area contributed by atoms with Gasteiger partial charge in [-0.3, -0.25) is 0 Å². The molecule has 2 aromatic heterocycles. The Hall–Kier alpha value is -2.96. The molecule has 0 spiro atoms. The smallest absolute Gasteiger partial charge is 0.378 e. The Morgan fingerprint density at radius 2 is 2.18 bits per heavy atom. The van der Waals surface area contributed by atoms with E-state index in [1.165, 1.54) is 4.52 Å². The molecule has 0 saturated carbocycles. The molecular formula is C15H14N4O3. The molecule has 0 radical (unpaired) electrons. The van der Waals surface area contributed by atoms with Crippen LogP contribution in [0.3, 0.4) is 0 Å². The molecule has 3 rings (SSSR count). The van der Waals surface area contributed by atoms with E-state index in [-0.39, 0.29) is 12.4 Å². The quantitative estimate of drug-likeness (QED) is 0.683. The van der Waals surface area contributed by atoms with E-state index in [9.17, 15) is 4.79 Å². The van der Waals surface area contributed by atoms with Crippen LogP contribution in [0.4, 0.5) is 0 Å². The second-order valence-corrected chi connectivity index (χ2v) is 4.66. The van der Waals surface area contributed by atoms with Crippen molar-refractivity contribution in [2.45, 2.75) is 13.5 Å². The van der Waals surface area contributed by atoms with Crippen LogP contribution >= 0.6 is 0 Å². The van der Waals surface area contributed by atoms with Crippen molar-refractivity contribution in [3.63, 3.8) is 0 Å². The first-order valence-corrected chi connectivity index (χ1v) is 6.66. The molecular weight excluding hydrogens is 284 g/mol. The number of hydrogen-bond acceptors (Lipinski definition) is 6. The van der Waals surface area contributed by atoms with Gasteiger partial charge in [-0.1, -0.05) is 12.1 Å². The van der Waals surface area contributed by atoms with Gasteiger partial charge in [0.05, 0.1) is 7.11 Å². The van der Waals surface area contributed by atoms with Crippen molar-refractivity contribution >= 4 is 11.7 Å². The van der Waals surface area contributed by atoms with Crippen LogP contribution in [0.5, 0.6) is 5.75 Å². The molecule has 0 aliphatic carbocycles. The number of carbonyl (C=O) groups is 1. The summed E-state index contributed by atoms with van der Waals surface area (Å²) in [4.78, 5) is 20.1. The first-order chi connectivity index (χ1) is 10.7. The van der Waals surface area contributed by atoms with E-state index in [0.29, 0.717) is 11.5 Å². The molecule has 0 saturated heterocycles. The predicted molar refractivity (Wildman–Crippen MR) is 77.6 cm³/mol. The Bertz CT molecular complexity index is 829. The van der Waals surface area contributed by atoms with E-state index in [4.69, 9.17) is 9.47 Å². The standard InChI is InChI=1S/C15H14N4O3/c1-10-6-7-16-15-17-13(18-19(10)15)14(20)22-9-11-4-3-5-12(8-11)21-2/h3-8H,9H2,1-2H3. The van der Waals surface area contributed by atoms with Crippen LogP contribution in [-0.2, 0) is 11.3 Å². The fourth-order valence-electron chi connectivity index (χ4n) is 1.97. The Morgan fingerprint density at radius 3 is 2.95 bits per heavy atom. The summed E-state index contributed by atoms with van der Waals surface area (Å²) in [6.07, 6.45) is 1.62. The number of methoxy groups -OCH3 is 1. The molecule has 0 aliphatic rings. The molecule has 7 nitrogen and oxygen atoms in total. The third-order valence-electron chi connectivity index (χ3n) is 3.12. The molecule has 0 N–H and O–H groups in total. The lowest BCUT2D eigenvalue weighted by molar-refractivity contribution is 0.0458. The maximum absolute atomic E-state index is 12.0. The van der Waals surface area contributed by atoms with Gasteiger partial charge in [-0.25, -0.2) is 14.3 Å². The second-order valence-electron chi connectivity index (χ2n) is 4.66. The van der Waals surface area contributed by atoms with Crippen molar-refractivity contribution in [3.8, 4) is 5.75 Å². The molecule has 0 bridgehead atoms. The maximum Gasteiger partial charge on any atom is 0.378 e. The molecule has 22 heavy (non-hydrogen) atoms. The molecule has 0 amide bonds. The summed E-state index contributed by atoms with van der Waals surface area (Å²) >= 11 is 0. The number of aromatic nitrogens is 4. The van der Waals surface area contributed by atoms with Crippen molar-refractivity contribution in [2.75, 3.05) is 7.11 Å². The van der Waals surface area contributed by atoms with Crippen LogP contribution in [0.1, 0.15) is 21.9 Å². The van der Waals surface area contributed by atoms with Gasteiger partial charge in [0.15, 0.2) is 0 Å². The highest BCUT2D eigenvalue weighted by Crippen LogP contribution is 2.13. The summed E-state index contributed by atoms with van der Waals surface area (Å²) < 4.78 is 11.8. The van der Waals surface area contributed by atoms with E-state index in [0.717, 1.165) is 11.3 Å². The zero-order valence-electron chi connectivity index (χ0n) is 12.2. The highest BCUT2D eigenvalue weighted by atomic mass is 16.5. The lowest BCUT2D eigenvalue weighted by Gasteiger charge is -2.04. The van der Waals surface area contributed by atoms with Crippen molar-refractivity contribution in [3.05, 3.63) is 53.6 Å². The Kier molecular flexibility index (Phi) is 3.69. The minimum Gasteiger partial charge on any atom is -0.497 e. The number of ether oxygens (including phenoxy) is 2. The average molecular weight is 298 g/mol. The highest BCUT2D eigenvalue weighted by molar-refractivity contribution is 5.85. The van der Waals surface area contributed by atoms with Crippen molar-refractivity contribution in [1.29, 1.82) is 0 Å². The van der Waals surface area contributed by atoms with Crippen LogP contribution in [0.15, 0.2) is 36.5 Å². The molecule has 7 heteroatoms. The van der Waals surface area contributed by atoms with E-state index in [2.05, 4.69) is 15.1 Å². The molecule has 0 unspecified atom stereocenters. The van der Waals surface area contributed by atoms with Gasteiger partial charge in [0.25, 0.3) is 11.6 Å². The van der Waals surface area contributed by atoms with E-state index in [1.807, 2.05) is 25.1 Å². The van der Waals surface area contributed by atoms with Crippen LogP contribution < -0.4 is 4.74 Å². The topological polar surface area (TPSA) is 78.6 Å². The van der Waals surface area contributed by atoms with Gasteiger partial charge < -0.3 is 9.47 Å². The van der Waals surface area contributed by atoms with Crippen molar-refractivity contribution < 1.29 is 14.3 Å². The molecule has 1 aromatic carbocycles. The number of esters is 1. The first kappa shape index (κ1) is 14.0. The number of rotatable bonds is 4. The average Bonchev–Trinajstić information content (AvgIpc) is 2.98. The SMILES string of the molecule is COc1cccc(COC(=O)c2nc3nccc(C)n3n2)c1. The Balaban J connectivity index is 1.74. The van der Waals surface area contributed by atoms with Gasteiger partial charge in [0.1, 0.15) is 12.4 Å². The molecule has 3 aromatic rings. The molecule has 2 heterocycles. The van der Waals surface area contributed by atoms with Crippen LogP contribution in [0, 0.1) is 6.92 Å². The third kappa shape index (κ3) is 2.73. The van der Waals surface area contributed by atoms with E-state index >= 15 is 0 Å². The van der Waals surface area contributed by atoms with Gasteiger partial charge in [0, 0.05) is 11.9 Å². The van der Waals surface area contributed by atoms with E-state index in [1.54, 1.807) is 25.4 Å². The number of carbonyl (C=O) groups excluding carboxylic acids is 1. The molecule has 0 fully saturated rings. The minimum atomic E-state index is -0.590. The second kappa shape index (κ2) is 5.80. The molecule has 0 aliphatic heterocycles. The Morgan fingerprint density at radius 1 is 1.32 bits per heavy atom. The predicted octanol–water partition coefficient (Wildman–Crippen LogP) is 1.80. The fourth-order valence-corrected chi connectivity index (χ4v) is 1.97. The van der Waals surface area contributed by atoms with Crippen LogP contribution in [0.25, 0.3) is 5.78 Å². The summed E-state index contributed by atoms with van der Waals surface area (Å²) in [5, 5.41) is 4.10. The van der Waals surface area contributed by atoms with Gasteiger partial charge in [0.2, 0.25) is 0 Å². The lowest BCUT2D eigenvalue weighted by Crippen LogP contribution is -2.08. The highest BCUT2D eigenvalue weighted by Gasteiger charge is 2.16. The fraction of sp³-hybridized carbons (Fsp3) is 0.200. The Labute approximate surface area is 126 Å². The summed E-state index contributed by atoms with van der Waals surface area (Å²) in [5.74, 6) is 0.477. The number of fused-ring (bicyclic) bond motifs is 1. The number of nitrogens with zero attached hydrogens (tertiary/aromatic N) is 4. The van der Waals surface area contributed by atoms with Gasteiger partial charge >= 0.3 is 5.97 Å². The molecule has 0 atom stereocenters. The van der Waals surface area contributed by atoms with Gasteiger partial charge in [-0.05, 0) is 30.7 Å². The summed E-state index contributed by atoms with van der Waals surface area (Å²) in [7, 11) is 1.58. The third-order valence-corrected chi connectivity index (χ3v) is 3.12. The molecule has 112 valence electrons. The van der Waals surface area contributed by atoms with E-state index < -0.39 is 5.97 Å². The van der Waals surface area contributed by atoms with Crippen LogP contribution in [-0.4, -0.2) is 32.7 Å². The normalized spacial score (nSPS) is 10.6.